The minimum atomic E-state index is -0.291. The molecule has 1 heterocycles. The van der Waals surface area contributed by atoms with E-state index in [-0.39, 0.29) is 17.4 Å². The lowest BCUT2D eigenvalue weighted by Gasteiger charge is -2.05. The second-order valence-corrected chi connectivity index (χ2v) is 5.37. The second kappa shape index (κ2) is 6.38. The van der Waals surface area contributed by atoms with Gasteiger partial charge in [0.25, 0.3) is 5.91 Å². The fourth-order valence-corrected chi connectivity index (χ4v) is 2.55. The Kier molecular flexibility index (Phi) is 5.11. The zero-order valence-corrected chi connectivity index (χ0v) is 12.4. The SMILES string of the molecule is CNC(=O)c1c(NCC=C(C)C)sc(C(C)=O)c1N. The number of hydrogen-bond acceptors (Lipinski definition) is 5. The predicted octanol–water partition coefficient (Wildman–Crippen LogP) is 2.27. The summed E-state index contributed by atoms with van der Waals surface area (Å²) in [4.78, 5) is 23.7. The fraction of sp³-hybridized carbons (Fsp3) is 0.385. The molecule has 104 valence electrons. The van der Waals surface area contributed by atoms with Crippen molar-refractivity contribution in [2.75, 3.05) is 24.6 Å². The monoisotopic (exact) mass is 281 g/mol. The van der Waals surface area contributed by atoms with E-state index in [1.807, 2.05) is 19.9 Å². The molecule has 0 saturated carbocycles. The molecule has 1 aromatic heterocycles. The topological polar surface area (TPSA) is 84.2 Å². The van der Waals surface area contributed by atoms with Crippen LogP contribution in [0.2, 0.25) is 0 Å². The Morgan fingerprint density at radius 1 is 1.32 bits per heavy atom. The molecule has 0 atom stereocenters. The zero-order chi connectivity index (χ0) is 14.6. The number of allylic oxidation sites excluding steroid dienone is 1. The van der Waals surface area contributed by atoms with Crippen LogP contribution < -0.4 is 16.4 Å². The highest BCUT2D eigenvalue weighted by Crippen LogP contribution is 2.35. The number of rotatable bonds is 5. The normalized spacial score (nSPS) is 9.89. The Labute approximate surface area is 116 Å². The first-order valence-electron chi connectivity index (χ1n) is 5.91. The van der Waals surface area contributed by atoms with E-state index in [4.69, 9.17) is 5.73 Å². The third kappa shape index (κ3) is 3.57. The van der Waals surface area contributed by atoms with Gasteiger partial charge in [-0.05, 0) is 13.8 Å². The summed E-state index contributed by atoms with van der Waals surface area (Å²) in [5.74, 6) is -0.427. The lowest BCUT2D eigenvalue weighted by molar-refractivity contribution is 0.0965. The summed E-state index contributed by atoms with van der Waals surface area (Å²) in [6.07, 6.45) is 2.00. The van der Waals surface area contributed by atoms with Gasteiger partial charge in [-0.3, -0.25) is 9.59 Å². The van der Waals surface area contributed by atoms with E-state index in [1.165, 1.54) is 30.9 Å². The molecular formula is C13H19N3O2S. The summed E-state index contributed by atoms with van der Waals surface area (Å²) in [6, 6.07) is 0. The van der Waals surface area contributed by atoms with Crippen LogP contribution in [0.15, 0.2) is 11.6 Å². The van der Waals surface area contributed by atoms with Crippen LogP contribution in [-0.2, 0) is 0 Å². The summed E-state index contributed by atoms with van der Waals surface area (Å²) >= 11 is 1.21. The van der Waals surface area contributed by atoms with Crippen LogP contribution in [0.25, 0.3) is 0 Å². The number of ketones is 1. The molecule has 0 aliphatic heterocycles. The van der Waals surface area contributed by atoms with Gasteiger partial charge in [-0.2, -0.15) is 0 Å². The summed E-state index contributed by atoms with van der Waals surface area (Å²) < 4.78 is 0. The maximum atomic E-state index is 11.8. The van der Waals surface area contributed by atoms with Gasteiger partial charge < -0.3 is 16.4 Å². The Balaban J connectivity index is 3.14. The average molecular weight is 281 g/mol. The molecule has 5 nitrogen and oxygen atoms in total. The fourth-order valence-electron chi connectivity index (χ4n) is 1.53. The molecule has 1 amide bonds. The van der Waals surface area contributed by atoms with E-state index in [0.717, 1.165) is 0 Å². The number of hydrogen-bond donors (Lipinski definition) is 3. The Hall–Kier alpha value is -1.82. The highest BCUT2D eigenvalue weighted by Gasteiger charge is 2.22. The number of nitrogens with one attached hydrogen (secondary N) is 2. The zero-order valence-electron chi connectivity index (χ0n) is 11.6. The molecule has 4 N–H and O–H groups in total. The summed E-state index contributed by atoms with van der Waals surface area (Å²) in [5, 5.41) is 6.28. The molecule has 0 fully saturated rings. The van der Waals surface area contributed by atoms with Crippen molar-refractivity contribution in [3.8, 4) is 0 Å². The molecule has 0 aliphatic carbocycles. The standard InChI is InChI=1S/C13H19N3O2S/c1-7(2)5-6-16-13-9(12(18)15-4)10(14)11(19-13)8(3)17/h5,16H,6,14H2,1-4H3,(H,15,18). The van der Waals surface area contributed by atoms with Gasteiger partial charge in [0.1, 0.15) is 5.00 Å². The van der Waals surface area contributed by atoms with Gasteiger partial charge in [0.15, 0.2) is 5.78 Å². The highest BCUT2D eigenvalue weighted by molar-refractivity contribution is 7.19. The quantitative estimate of drug-likeness (QED) is 0.571. The third-order valence-electron chi connectivity index (χ3n) is 2.49. The van der Waals surface area contributed by atoms with Crippen molar-refractivity contribution in [3.63, 3.8) is 0 Å². The van der Waals surface area contributed by atoms with Gasteiger partial charge >= 0.3 is 0 Å². The molecule has 0 spiro atoms. The van der Waals surface area contributed by atoms with Crippen LogP contribution in [0.1, 0.15) is 40.8 Å². The number of thiophene rings is 1. The predicted molar refractivity (Wildman–Crippen MR) is 80.0 cm³/mol. The van der Waals surface area contributed by atoms with Gasteiger partial charge in [-0.15, -0.1) is 11.3 Å². The molecule has 0 saturated heterocycles. The number of nitrogen functional groups attached to an aromatic ring is 1. The van der Waals surface area contributed by atoms with Crippen molar-refractivity contribution in [2.24, 2.45) is 0 Å². The Bertz CT molecular complexity index is 528. The molecule has 0 aromatic carbocycles. The largest absolute Gasteiger partial charge is 0.397 e. The molecule has 1 aromatic rings. The number of Topliss-reactive ketones (excluding diaryl/α,β-unsaturated/α-hetero) is 1. The first-order valence-corrected chi connectivity index (χ1v) is 6.72. The summed E-state index contributed by atoms with van der Waals surface area (Å²) in [5.41, 5.74) is 7.65. The van der Waals surface area contributed by atoms with Crippen molar-refractivity contribution >= 4 is 33.7 Å². The minimum absolute atomic E-state index is 0.136. The Morgan fingerprint density at radius 2 is 1.95 bits per heavy atom. The molecular weight excluding hydrogens is 262 g/mol. The maximum Gasteiger partial charge on any atom is 0.256 e. The number of anilines is 2. The van der Waals surface area contributed by atoms with Crippen molar-refractivity contribution in [2.45, 2.75) is 20.8 Å². The number of carbonyl (C=O) groups excluding carboxylic acids is 2. The van der Waals surface area contributed by atoms with Gasteiger partial charge in [0, 0.05) is 20.5 Å². The molecule has 19 heavy (non-hydrogen) atoms. The van der Waals surface area contributed by atoms with Gasteiger partial charge in [-0.1, -0.05) is 11.6 Å². The van der Waals surface area contributed by atoms with Crippen LogP contribution >= 0.6 is 11.3 Å². The Morgan fingerprint density at radius 3 is 2.42 bits per heavy atom. The van der Waals surface area contributed by atoms with Gasteiger partial charge in [0.05, 0.1) is 16.1 Å². The van der Waals surface area contributed by atoms with Crippen LogP contribution in [0.3, 0.4) is 0 Å². The number of nitrogens with two attached hydrogens (primary N) is 1. The van der Waals surface area contributed by atoms with E-state index < -0.39 is 0 Å². The summed E-state index contributed by atoms with van der Waals surface area (Å²) in [7, 11) is 1.53. The average Bonchev–Trinajstić information content (AvgIpc) is 2.65. The molecule has 0 radical (unpaired) electrons. The molecule has 1 rings (SSSR count). The lowest BCUT2D eigenvalue weighted by Crippen LogP contribution is -2.20. The van der Waals surface area contributed by atoms with E-state index in [0.29, 0.717) is 22.0 Å². The minimum Gasteiger partial charge on any atom is -0.397 e. The number of carbonyl (C=O) groups is 2. The molecule has 0 unspecified atom stereocenters. The van der Waals surface area contributed by atoms with E-state index in [2.05, 4.69) is 10.6 Å². The maximum absolute atomic E-state index is 11.8. The second-order valence-electron chi connectivity index (χ2n) is 4.35. The molecule has 0 bridgehead atoms. The molecule has 6 heteroatoms. The van der Waals surface area contributed by atoms with Crippen LogP contribution in [-0.4, -0.2) is 25.3 Å². The van der Waals surface area contributed by atoms with Gasteiger partial charge in [-0.25, -0.2) is 0 Å². The van der Waals surface area contributed by atoms with Crippen molar-refractivity contribution in [3.05, 3.63) is 22.1 Å². The van der Waals surface area contributed by atoms with Crippen LogP contribution in [0.4, 0.5) is 10.7 Å². The van der Waals surface area contributed by atoms with Gasteiger partial charge in [0.2, 0.25) is 0 Å². The smallest absolute Gasteiger partial charge is 0.256 e. The summed E-state index contributed by atoms with van der Waals surface area (Å²) in [6.45, 7) is 6.01. The van der Waals surface area contributed by atoms with E-state index >= 15 is 0 Å². The third-order valence-corrected chi connectivity index (χ3v) is 3.76. The lowest BCUT2D eigenvalue weighted by atomic mass is 10.2. The van der Waals surface area contributed by atoms with E-state index in [9.17, 15) is 9.59 Å². The van der Waals surface area contributed by atoms with E-state index in [1.54, 1.807) is 0 Å². The van der Waals surface area contributed by atoms with Crippen LogP contribution in [0, 0.1) is 0 Å². The first kappa shape index (κ1) is 15.2. The first-order chi connectivity index (χ1) is 8.88. The van der Waals surface area contributed by atoms with Crippen molar-refractivity contribution < 1.29 is 9.59 Å². The highest BCUT2D eigenvalue weighted by atomic mass is 32.1. The molecule has 0 aliphatic rings. The van der Waals surface area contributed by atoms with Crippen molar-refractivity contribution in [1.82, 2.24) is 5.32 Å². The number of amides is 1. The van der Waals surface area contributed by atoms with Crippen molar-refractivity contribution in [1.29, 1.82) is 0 Å². The van der Waals surface area contributed by atoms with Crippen LogP contribution in [0.5, 0.6) is 0 Å².